The molecule has 0 bridgehead atoms. The summed E-state index contributed by atoms with van der Waals surface area (Å²) in [6.45, 7) is 5.11. The topological polar surface area (TPSA) is 78.0 Å². The van der Waals surface area contributed by atoms with Gasteiger partial charge in [0.15, 0.2) is 5.82 Å². The maximum Gasteiger partial charge on any atom is 0.254 e. The third-order valence-electron chi connectivity index (χ3n) is 1.87. The number of aliphatic hydroxyl groups excluding tert-OH is 1. The maximum absolute atomic E-state index is 11.1. The Morgan fingerprint density at radius 3 is 2.62 bits per heavy atom. The zero-order chi connectivity index (χ0) is 10.0. The van der Waals surface area contributed by atoms with Gasteiger partial charge in [-0.15, -0.1) is 0 Å². The van der Waals surface area contributed by atoms with Crippen molar-refractivity contribution in [3.8, 4) is 0 Å². The van der Waals surface area contributed by atoms with Crippen LogP contribution in [0.2, 0.25) is 0 Å². The van der Waals surface area contributed by atoms with E-state index in [-0.39, 0.29) is 0 Å². The van der Waals surface area contributed by atoms with Gasteiger partial charge < -0.3 is 10.4 Å². The molecule has 0 saturated carbocycles. The molecule has 72 valence electrons. The largest absolute Gasteiger partial charge is 0.384 e. The quantitative estimate of drug-likeness (QED) is 0.619. The molecule has 5 heteroatoms. The predicted molar refractivity (Wildman–Crippen MR) is 48.4 cm³/mol. The van der Waals surface area contributed by atoms with Crippen LogP contribution in [-0.2, 0) is 4.79 Å². The highest BCUT2D eigenvalue weighted by Crippen LogP contribution is 2.13. The van der Waals surface area contributed by atoms with E-state index in [1.807, 2.05) is 13.8 Å². The number of amides is 1. The number of H-pyrrole nitrogens is 1. The number of hydrogen-bond acceptors (Lipinski definition) is 3. The molecule has 13 heavy (non-hydrogen) atoms. The fourth-order valence-corrected chi connectivity index (χ4v) is 0.828. The summed E-state index contributed by atoms with van der Waals surface area (Å²) in [7, 11) is 0. The first-order valence-electron chi connectivity index (χ1n) is 4.03. The van der Waals surface area contributed by atoms with Gasteiger partial charge in [-0.25, -0.2) is 0 Å². The van der Waals surface area contributed by atoms with Crippen LogP contribution >= 0.6 is 0 Å². The summed E-state index contributed by atoms with van der Waals surface area (Å²) in [5.74, 6) is 0.0259. The molecule has 1 heterocycles. The van der Waals surface area contributed by atoms with Crippen molar-refractivity contribution in [3.05, 3.63) is 11.3 Å². The van der Waals surface area contributed by atoms with E-state index >= 15 is 0 Å². The summed E-state index contributed by atoms with van der Waals surface area (Å²) in [6, 6.07) is 0. The van der Waals surface area contributed by atoms with E-state index in [4.69, 9.17) is 5.11 Å². The number of aromatic nitrogens is 2. The lowest BCUT2D eigenvalue weighted by molar-refractivity contribution is -0.123. The van der Waals surface area contributed by atoms with Crippen molar-refractivity contribution in [1.82, 2.24) is 10.2 Å². The van der Waals surface area contributed by atoms with Crippen LogP contribution in [0.25, 0.3) is 0 Å². The summed E-state index contributed by atoms with van der Waals surface area (Å²) in [6.07, 6.45) is -1.02. The Morgan fingerprint density at radius 1 is 1.62 bits per heavy atom. The molecule has 1 amide bonds. The van der Waals surface area contributed by atoms with Crippen LogP contribution in [0, 0.1) is 13.8 Å². The first-order valence-corrected chi connectivity index (χ1v) is 4.03. The Kier molecular flexibility index (Phi) is 2.67. The maximum atomic E-state index is 11.1. The zero-order valence-corrected chi connectivity index (χ0v) is 7.88. The molecule has 0 aromatic carbocycles. The normalized spacial score (nSPS) is 12.6. The number of hydrogen-bond donors (Lipinski definition) is 3. The van der Waals surface area contributed by atoms with Crippen molar-refractivity contribution in [2.45, 2.75) is 26.9 Å². The molecule has 0 fully saturated rings. The van der Waals surface area contributed by atoms with Crippen LogP contribution in [0.15, 0.2) is 0 Å². The lowest BCUT2D eigenvalue weighted by Crippen LogP contribution is -2.24. The van der Waals surface area contributed by atoms with Gasteiger partial charge in [0.25, 0.3) is 5.91 Å². The molecule has 1 atom stereocenters. The van der Waals surface area contributed by atoms with E-state index in [2.05, 4.69) is 15.5 Å². The lowest BCUT2D eigenvalue weighted by Gasteiger charge is -2.04. The first-order chi connectivity index (χ1) is 6.02. The number of rotatable bonds is 2. The van der Waals surface area contributed by atoms with Gasteiger partial charge in [0.05, 0.1) is 0 Å². The number of aryl methyl sites for hydroxylation is 1. The van der Waals surface area contributed by atoms with Crippen molar-refractivity contribution < 1.29 is 9.90 Å². The molecular weight excluding hydrogens is 170 g/mol. The van der Waals surface area contributed by atoms with E-state index in [0.29, 0.717) is 5.82 Å². The minimum absolute atomic E-state index is 0.449. The van der Waals surface area contributed by atoms with Crippen molar-refractivity contribution in [2.24, 2.45) is 0 Å². The van der Waals surface area contributed by atoms with E-state index in [9.17, 15) is 4.79 Å². The SMILES string of the molecule is Cc1[nH]nc(NC(=O)[C@@H](C)O)c1C. The number of nitrogens with one attached hydrogen (secondary N) is 2. The molecule has 0 saturated heterocycles. The first kappa shape index (κ1) is 9.73. The average Bonchev–Trinajstić information content (AvgIpc) is 2.36. The van der Waals surface area contributed by atoms with Crippen LogP contribution in [0.1, 0.15) is 18.2 Å². The molecule has 5 nitrogen and oxygen atoms in total. The third kappa shape index (κ3) is 2.06. The minimum atomic E-state index is -1.02. The summed E-state index contributed by atoms with van der Waals surface area (Å²) < 4.78 is 0. The van der Waals surface area contributed by atoms with Gasteiger partial charge >= 0.3 is 0 Å². The van der Waals surface area contributed by atoms with Crippen molar-refractivity contribution in [1.29, 1.82) is 0 Å². The second-order valence-corrected chi connectivity index (χ2v) is 2.99. The molecule has 1 aromatic heterocycles. The number of carbonyl (C=O) groups excluding carboxylic acids is 1. The molecule has 0 aliphatic rings. The van der Waals surface area contributed by atoms with Crippen LogP contribution in [-0.4, -0.2) is 27.3 Å². The molecule has 0 spiro atoms. The third-order valence-corrected chi connectivity index (χ3v) is 1.87. The monoisotopic (exact) mass is 183 g/mol. The van der Waals surface area contributed by atoms with Gasteiger partial charge in [-0.3, -0.25) is 9.89 Å². The molecule has 3 N–H and O–H groups in total. The van der Waals surface area contributed by atoms with Crippen molar-refractivity contribution >= 4 is 11.7 Å². The number of nitrogens with zero attached hydrogens (tertiary/aromatic N) is 1. The summed E-state index contributed by atoms with van der Waals surface area (Å²) in [5.41, 5.74) is 1.79. The number of aromatic amines is 1. The molecule has 0 unspecified atom stereocenters. The van der Waals surface area contributed by atoms with Gasteiger partial charge in [-0.1, -0.05) is 0 Å². The van der Waals surface area contributed by atoms with Crippen LogP contribution in [0.4, 0.5) is 5.82 Å². The van der Waals surface area contributed by atoms with Crippen molar-refractivity contribution in [3.63, 3.8) is 0 Å². The highest BCUT2D eigenvalue weighted by atomic mass is 16.3. The summed E-state index contributed by atoms with van der Waals surface area (Å²) >= 11 is 0. The van der Waals surface area contributed by atoms with E-state index in [1.54, 1.807) is 0 Å². The Labute approximate surface area is 76.2 Å². The molecule has 0 radical (unpaired) electrons. The second-order valence-electron chi connectivity index (χ2n) is 2.99. The van der Waals surface area contributed by atoms with Gasteiger partial charge in [-0.05, 0) is 20.8 Å². The number of anilines is 1. The number of carbonyl (C=O) groups is 1. The van der Waals surface area contributed by atoms with Crippen LogP contribution in [0.3, 0.4) is 0 Å². The van der Waals surface area contributed by atoms with E-state index in [0.717, 1.165) is 11.3 Å². The van der Waals surface area contributed by atoms with Gasteiger partial charge in [-0.2, -0.15) is 5.10 Å². The molecule has 0 aliphatic carbocycles. The highest BCUT2D eigenvalue weighted by Gasteiger charge is 2.12. The molecular formula is C8H13N3O2. The molecule has 1 rings (SSSR count). The Morgan fingerprint density at radius 2 is 2.23 bits per heavy atom. The lowest BCUT2D eigenvalue weighted by atomic mass is 10.2. The van der Waals surface area contributed by atoms with Gasteiger partial charge in [0.1, 0.15) is 6.10 Å². The number of aliphatic hydroxyl groups is 1. The minimum Gasteiger partial charge on any atom is -0.384 e. The smallest absolute Gasteiger partial charge is 0.254 e. The Balaban J connectivity index is 2.75. The zero-order valence-electron chi connectivity index (χ0n) is 7.88. The van der Waals surface area contributed by atoms with Gasteiger partial charge in [0, 0.05) is 11.3 Å². The molecule has 1 aromatic rings. The van der Waals surface area contributed by atoms with Crippen LogP contribution in [0.5, 0.6) is 0 Å². The van der Waals surface area contributed by atoms with Gasteiger partial charge in [0.2, 0.25) is 0 Å². The fraction of sp³-hybridized carbons (Fsp3) is 0.500. The second kappa shape index (κ2) is 3.57. The van der Waals surface area contributed by atoms with Crippen LogP contribution < -0.4 is 5.32 Å². The predicted octanol–water partition coefficient (Wildman–Crippen LogP) is 0.346. The molecule has 0 aliphatic heterocycles. The van der Waals surface area contributed by atoms with E-state index in [1.165, 1.54) is 6.92 Å². The summed E-state index contributed by atoms with van der Waals surface area (Å²) in [4.78, 5) is 11.1. The van der Waals surface area contributed by atoms with E-state index < -0.39 is 12.0 Å². The fourth-order valence-electron chi connectivity index (χ4n) is 0.828. The Bertz CT molecular complexity index is 317. The highest BCUT2D eigenvalue weighted by molar-refractivity contribution is 5.93. The summed E-state index contributed by atoms with van der Waals surface area (Å²) in [5, 5.41) is 18.0. The standard InChI is InChI=1S/C8H13N3O2/c1-4-5(2)10-11-7(4)9-8(13)6(3)12/h6,12H,1-3H3,(H2,9,10,11,13)/t6-/m1/s1. The van der Waals surface area contributed by atoms with Crippen molar-refractivity contribution in [2.75, 3.05) is 5.32 Å². The average molecular weight is 183 g/mol. The Hall–Kier alpha value is -1.36.